The zero-order valence-electron chi connectivity index (χ0n) is 13.4. The molecular weight excluding hydrogens is 317 g/mol. The highest BCUT2D eigenvalue weighted by molar-refractivity contribution is 5.93. The molecule has 0 aliphatic carbocycles. The van der Waals surface area contributed by atoms with Crippen molar-refractivity contribution < 1.29 is 4.39 Å². The molecule has 6 heteroatoms. The van der Waals surface area contributed by atoms with Crippen molar-refractivity contribution in [2.75, 3.05) is 12.4 Å². The fourth-order valence-electron chi connectivity index (χ4n) is 2.71. The number of nitrogens with one attached hydrogen (secondary N) is 1. The van der Waals surface area contributed by atoms with Gasteiger partial charge in [0.25, 0.3) is 0 Å². The lowest BCUT2D eigenvalue weighted by atomic mass is 10.0. The van der Waals surface area contributed by atoms with Gasteiger partial charge in [0.05, 0.1) is 11.1 Å². The number of hydrogen-bond donors (Lipinski definition) is 1. The topological polar surface area (TPSA) is 63.6 Å². The fraction of sp³-hybridized carbons (Fsp3) is 0.0526. The van der Waals surface area contributed by atoms with E-state index in [0.29, 0.717) is 11.6 Å². The highest BCUT2D eigenvalue weighted by Crippen LogP contribution is 2.29. The third-order valence-electron chi connectivity index (χ3n) is 3.91. The van der Waals surface area contributed by atoms with Crippen LogP contribution in [-0.2, 0) is 0 Å². The Morgan fingerprint density at radius 1 is 0.880 bits per heavy atom. The van der Waals surface area contributed by atoms with E-state index in [1.54, 1.807) is 18.5 Å². The molecule has 0 aliphatic rings. The van der Waals surface area contributed by atoms with E-state index in [-0.39, 0.29) is 5.82 Å². The summed E-state index contributed by atoms with van der Waals surface area (Å²) in [5.41, 5.74) is 3.25. The van der Waals surface area contributed by atoms with Gasteiger partial charge in [-0.25, -0.2) is 24.3 Å². The first-order valence-corrected chi connectivity index (χ1v) is 7.75. The number of rotatable bonds is 3. The maximum Gasteiger partial charge on any atom is 0.165 e. The van der Waals surface area contributed by atoms with Crippen LogP contribution in [-0.4, -0.2) is 27.0 Å². The Balaban J connectivity index is 1.88. The molecule has 0 saturated heterocycles. The summed E-state index contributed by atoms with van der Waals surface area (Å²) in [6.45, 7) is 0. The van der Waals surface area contributed by atoms with Crippen LogP contribution in [0.2, 0.25) is 0 Å². The zero-order valence-corrected chi connectivity index (χ0v) is 13.4. The van der Waals surface area contributed by atoms with Crippen LogP contribution in [0.5, 0.6) is 0 Å². The van der Waals surface area contributed by atoms with Crippen LogP contribution >= 0.6 is 0 Å². The number of fused-ring (bicyclic) bond motifs is 1. The van der Waals surface area contributed by atoms with Gasteiger partial charge in [0.1, 0.15) is 18.0 Å². The highest BCUT2D eigenvalue weighted by atomic mass is 19.1. The predicted molar refractivity (Wildman–Crippen MR) is 95.5 cm³/mol. The SMILES string of the molecule is CNc1nc(-c2cncnc2)nc2ccc(-c3cccc(F)c3)cc12. The second-order valence-electron chi connectivity index (χ2n) is 5.52. The summed E-state index contributed by atoms with van der Waals surface area (Å²) in [5.74, 6) is 0.986. The zero-order chi connectivity index (χ0) is 17.2. The third kappa shape index (κ3) is 2.89. The maximum absolute atomic E-state index is 13.5. The number of aromatic nitrogens is 4. The Bertz CT molecular complexity index is 1050. The lowest BCUT2D eigenvalue weighted by Crippen LogP contribution is -1.99. The molecule has 122 valence electrons. The summed E-state index contributed by atoms with van der Waals surface area (Å²) in [7, 11) is 1.81. The van der Waals surface area contributed by atoms with E-state index < -0.39 is 0 Å². The molecule has 0 bridgehead atoms. The number of benzene rings is 2. The monoisotopic (exact) mass is 331 g/mol. The first-order valence-electron chi connectivity index (χ1n) is 7.75. The molecule has 0 amide bonds. The molecule has 0 spiro atoms. The normalized spacial score (nSPS) is 10.8. The van der Waals surface area contributed by atoms with Crippen molar-refractivity contribution in [2.24, 2.45) is 0 Å². The minimum atomic E-state index is -0.262. The van der Waals surface area contributed by atoms with Crippen LogP contribution in [0.15, 0.2) is 61.2 Å². The van der Waals surface area contributed by atoms with Gasteiger partial charge in [0.15, 0.2) is 5.82 Å². The second-order valence-corrected chi connectivity index (χ2v) is 5.52. The summed E-state index contributed by atoms with van der Waals surface area (Å²) in [6, 6.07) is 12.3. The fourth-order valence-corrected chi connectivity index (χ4v) is 2.71. The molecule has 4 rings (SSSR count). The van der Waals surface area contributed by atoms with Crippen molar-refractivity contribution in [3.8, 4) is 22.5 Å². The van der Waals surface area contributed by atoms with E-state index in [1.807, 2.05) is 31.3 Å². The molecule has 4 aromatic rings. The van der Waals surface area contributed by atoms with Gasteiger partial charge >= 0.3 is 0 Å². The van der Waals surface area contributed by atoms with Gasteiger partial charge in [0.2, 0.25) is 0 Å². The Morgan fingerprint density at radius 3 is 2.44 bits per heavy atom. The molecule has 5 nitrogen and oxygen atoms in total. The van der Waals surface area contributed by atoms with Gasteiger partial charge in [-0.2, -0.15) is 0 Å². The summed E-state index contributed by atoms with van der Waals surface area (Å²) >= 11 is 0. The van der Waals surface area contributed by atoms with Crippen molar-refractivity contribution >= 4 is 16.7 Å². The molecule has 0 unspecified atom stereocenters. The average molecular weight is 331 g/mol. The predicted octanol–water partition coefficient (Wildman–Crippen LogP) is 3.93. The maximum atomic E-state index is 13.5. The molecule has 0 fully saturated rings. The molecule has 1 N–H and O–H groups in total. The lowest BCUT2D eigenvalue weighted by Gasteiger charge is -2.10. The van der Waals surface area contributed by atoms with Gasteiger partial charge in [-0.1, -0.05) is 18.2 Å². The molecule has 2 heterocycles. The molecule has 0 aliphatic heterocycles. The smallest absolute Gasteiger partial charge is 0.165 e. The molecule has 2 aromatic heterocycles. The van der Waals surface area contributed by atoms with E-state index >= 15 is 0 Å². The van der Waals surface area contributed by atoms with Crippen LogP contribution in [0.1, 0.15) is 0 Å². The molecular formula is C19H14FN5. The largest absolute Gasteiger partial charge is 0.373 e. The number of nitrogens with zero attached hydrogens (tertiary/aromatic N) is 4. The third-order valence-corrected chi connectivity index (χ3v) is 3.91. The summed E-state index contributed by atoms with van der Waals surface area (Å²) in [6.07, 6.45) is 4.82. The first-order chi connectivity index (χ1) is 12.2. The Labute approximate surface area is 143 Å². The van der Waals surface area contributed by atoms with Crippen molar-refractivity contribution in [3.05, 3.63) is 67.0 Å². The molecule has 0 saturated carbocycles. The summed E-state index contributed by atoms with van der Waals surface area (Å²) < 4.78 is 13.5. The molecule has 25 heavy (non-hydrogen) atoms. The first kappa shape index (κ1) is 15.1. The number of halogens is 1. The molecule has 0 radical (unpaired) electrons. The van der Waals surface area contributed by atoms with E-state index in [1.165, 1.54) is 18.5 Å². The van der Waals surface area contributed by atoms with Crippen LogP contribution in [0.4, 0.5) is 10.2 Å². The van der Waals surface area contributed by atoms with E-state index in [4.69, 9.17) is 0 Å². The Hall–Kier alpha value is -3.41. The quantitative estimate of drug-likeness (QED) is 0.616. The average Bonchev–Trinajstić information content (AvgIpc) is 2.67. The summed E-state index contributed by atoms with van der Waals surface area (Å²) in [5, 5.41) is 3.97. The minimum Gasteiger partial charge on any atom is -0.373 e. The lowest BCUT2D eigenvalue weighted by molar-refractivity contribution is 0.628. The van der Waals surface area contributed by atoms with Gasteiger partial charge in [-0.05, 0) is 35.4 Å². The van der Waals surface area contributed by atoms with Gasteiger partial charge in [-0.3, -0.25) is 0 Å². The van der Waals surface area contributed by atoms with Crippen molar-refractivity contribution in [2.45, 2.75) is 0 Å². The van der Waals surface area contributed by atoms with Crippen LogP contribution in [0.3, 0.4) is 0 Å². The number of hydrogen-bond acceptors (Lipinski definition) is 5. The second kappa shape index (κ2) is 6.24. The van der Waals surface area contributed by atoms with Crippen LogP contribution in [0.25, 0.3) is 33.4 Å². The molecule has 0 atom stereocenters. The van der Waals surface area contributed by atoms with Crippen molar-refractivity contribution in [3.63, 3.8) is 0 Å². The van der Waals surface area contributed by atoms with Crippen LogP contribution < -0.4 is 5.32 Å². The molecule has 2 aromatic carbocycles. The van der Waals surface area contributed by atoms with Crippen molar-refractivity contribution in [1.29, 1.82) is 0 Å². The Kier molecular flexibility index (Phi) is 3.78. The Morgan fingerprint density at radius 2 is 1.68 bits per heavy atom. The van der Waals surface area contributed by atoms with E-state index in [9.17, 15) is 4.39 Å². The van der Waals surface area contributed by atoms with Gasteiger partial charge < -0.3 is 5.32 Å². The minimum absolute atomic E-state index is 0.262. The van der Waals surface area contributed by atoms with E-state index in [2.05, 4.69) is 25.3 Å². The number of anilines is 1. The van der Waals surface area contributed by atoms with Crippen LogP contribution in [0, 0.1) is 5.82 Å². The van der Waals surface area contributed by atoms with E-state index in [0.717, 1.165) is 27.6 Å². The van der Waals surface area contributed by atoms with Crippen molar-refractivity contribution in [1.82, 2.24) is 19.9 Å². The highest BCUT2D eigenvalue weighted by Gasteiger charge is 2.10. The summed E-state index contributed by atoms with van der Waals surface area (Å²) in [4.78, 5) is 17.2. The standard InChI is InChI=1S/C19H14FN5/c1-21-19-16-8-13(12-3-2-4-15(20)7-12)5-6-17(16)24-18(25-19)14-9-22-11-23-10-14/h2-11H,1H3,(H,21,24,25). The van der Waals surface area contributed by atoms with Gasteiger partial charge in [0, 0.05) is 24.8 Å². The van der Waals surface area contributed by atoms with Gasteiger partial charge in [-0.15, -0.1) is 0 Å².